The molecule has 1 aromatic rings. The normalized spacial score (nSPS) is 20.9. The SMILES string of the molecule is N[C@H](c1ccc[nH]1)C1CC1. The van der Waals surface area contributed by atoms with Crippen LogP contribution in [0.1, 0.15) is 24.6 Å². The van der Waals surface area contributed by atoms with Crippen molar-refractivity contribution in [2.45, 2.75) is 18.9 Å². The van der Waals surface area contributed by atoms with Gasteiger partial charge in [0.05, 0.1) is 0 Å². The lowest BCUT2D eigenvalue weighted by Gasteiger charge is -2.05. The molecule has 1 aromatic heterocycles. The van der Waals surface area contributed by atoms with Crippen LogP contribution in [0.5, 0.6) is 0 Å². The highest BCUT2D eigenvalue weighted by molar-refractivity contribution is 5.11. The molecular weight excluding hydrogens is 124 g/mol. The van der Waals surface area contributed by atoms with E-state index in [2.05, 4.69) is 11.1 Å². The predicted octanol–water partition coefficient (Wildman–Crippen LogP) is 1.42. The summed E-state index contributed by atoms with van der Waals surface area (Å²) >= 11 is 0. The van der Waals surface area contributed by atoms with E-state index in [1.807, 2.05) is 12.3 Å². The van der Waals surface area contributed by atoms with E-state index in [9.17, 15) is 0 Å². The van der Waals surface area contributed by atoms with Gasteiger partial charge in [-0.3, -0.25) is 0 Å². The third-order valence-electron chi connectivity index (χ3n) is 2.11. The summed E-state index contributed by atoms with van der Waals surface area (Å²) < 4.78 is 0. The zero-order chi connectivity index (χ0) is 6.97. The van der Waals surface area contributed by atoms with Crippen LogP contribution in [0.4, 0.5) is 0 Å². The van der Waals surface area contributed by atoms with Crippen molar-refractivity contribution in [2.24, 2.45) is 11.7 Å². The van der Waals surface area contributed by atoms with Crippen molar-refractivity contribution >= 4 is 0 Å². The molecule has 1 saturated carbocycles. The Kier molecular flexibility index (Phi) is 1.27. The maximum Gasteiger partial charge on any atom is 0.0476 e. The van der Waals surface area contributed by atoms with Crippen LogP contribution in [0.15, 0.2) is 18.3 Å². The fourth-order valence-corrected chi connectivity index (χ4v) is 1.26. The van der Waals surface area contributed by atoms with Gasteiger partial charge in [-0.15, -0.1) is 0 Å². The molecule has 0 spiro atoms. The van der Waals surface area contributed by atoms with E-state index >= 15 is 0 Å². The van der Waals surface area contributed by atoms with E-state index in [1.54, 1.807) is 0 Å². The van der Waals surface area contributed by atoms with Gasteiger partial charge in [0.15, 0.2) is 0 Å². The van der Waals surface area contributed by atoms with Crippen LogP contribution < -0.4 is 5.73 Å². The molecule has 0 radical (unpaired) electrons. The molecule has 3 N–H and O–H groups in total. The Labute approximate surface area is 60.4 Å². The monoisotopic (exact) mass is 136 g/mol. The van der Waals surface area contributed by atoms with Gasteiger partial charge in [-0.05, 0) is 30.9 Å². The summed E-state index contributed by atoms with van der Waals surface area (Å²) in [5, 5.41) is 0. The summed E-state index contributed by atoms with van der Waals surface area (Å²) in [5.74, 6) is 0.749. The Hall–Kier alpha value is -0.760. The summed E-state index contributed by atoms with van der Waals surface area (Å²) in [7, 11) is 0. The molecular formula is C8H12N2. The van der Waals surface area contributed by atoms with Gasteiger partial charge in [-0.2, -0.15) is 0 Å². The van der Waals surface area contributed by atoms with Gasteiger partial charge in [0.25, 0.3) is 0 Å². The molecule has 0 saturated heterocycles. The van der Waals surface area contributed by atoms with Crippen molar-refractivity contribution in [1.82, 2.24) is 4.98 Å². The molecule has 0 unspecified atom stereocenters. The maximum atomic E-state index is 5.91. The number of rotatable bonds is 2. The van der Waals surface area contributed by atoms with Crippen molar-refractivity contribution in [1.29, 1.82) is 0 Å². The van der Waals surface area contributed by atoms with Crippen LogP contribution in [-0.2, 0) is 0 Å². The van der Waals surface area contributed by atoms with Crippen LogP contribution in [0.3, 0.4) is 0 Å². The number of nitrogens with two attached hydrogens (primary N) is 1. The Morgan fingerprint density at radius 3 is 2.90 bits per heavy atom. The van der Waals surface area contributed by atoms with E-state index in [0.717, 1.165) is 5.92 Å². The predicted molar refractivity (Wildman–Crippen MR) is 40.4 cm³/mol. The number of nitrogens with one attached hydrogen (secondary N) is 1. The molecule has 1 aliphatic rings. The fraction of sp³-hybridized carbons (Fsp3) is 0.500. The summed E-state index contributed by atoms with van der Waals surface area (Å²) in [6.45, 7) is 0. The minimum Gasteiger partial charge on any atom is -0.364 e. The fourth-order valence-electron chi connectivity index (χ4n) is 1.26. The first kappa shape index (κ1) is 5.98. The van der Waals surface area contributed by atoms with Crippen molar-refractivity contribution in [3.05, 3.63) is 24.0 Å². The molecule has 0 aromatic carbocycles. The second kappa shape index (κ2) is 2.13. The number of aromatic nitrogens is 1. The molecule has 1 aliphatic carbocycles. The van der Waals surface area contributed by atoms with Gasteiger partial charge in [-0.1, -0.05) is 0 Å². The van der Waals surface area contributed by atoms with Gasteiger partial charge in [0.2, 0.25) is 0 Å². The Morgan fingerprint density at radius 2 is 2.40 bits per heavy atom. The lowest BCUT2D eigenvalue weighted by molar-refractivity contribution is 0.618. The van der Waals surface area contributed by atoms with Crippen molar-refractivity contribution < 1.29 is 0 Å². The summed E-state index contributed by atoms with van der Waals surface area (Å²) in [6.07, 6.45) is 4.54. The molecule has 0 amide bonds. The molecule has 10 heavy (non-hydrogen) atoms. The van der Waals surface area contributed by atoms with E-state index in [-0.39, 0.29) is 6.04 Å². The first-order valence-electron chi connectivity index (χ1n) is 3.77. The first-order chi connectivity index (χ1) is 4.88. The molecule has 2 heteroatoms. The number of hydrogen-bond donors (Lipinski definition) is 2. The van der Waals surface area contributed by atoms with Crippen LogP contribution in [0.25, 0.3) is 0 Å². The Morgan fingerprint density at radius 1 is 1.60 bits per heavy atom. The topological polar surface area (TPSA) is 41.8 Å². The van der Waals surface area contributed by atoms with Gasteiger partial charge >= 0.3 is 0 Å². The maximum absolute atomic E-state index is 5.91. The molecule has 0 bridgehead atoms. The largest absolute Gasteiger partial charge is 0.364 e. The highest BCUT2D eigenvalue weighted by Gasteiger charge is 2.29. The molecule has 1 fully saturated rings. The van der Waals surface area contributed by atoms with Gasteiger partial charge < -0.3 is 10.7 Å². The van der Waals surface area contributed by atoms with Crippen molar-refractivity contribution in [3.8, 4) is 0 Å². The minimum absolute atomic E-state index is 0.259. The second-order valence-electron chi connectivity index (χ2n) is 2.99. The molecule has 2 nitrogen and oxygen atoms in total. The Balaban J connectivity index is 2.11. The Bertz CT molecular complexity index is 199. The van der Waals surface area contributed by atoms with E-state index in [4.69, 9.17) is 5.73 Å². The highest BCUT2D eigenvalue weighted by atomic mass is 14.8. The molecule has 54 valence electrons. The summed E-state index contributed by atoms with van der Waals surface area (Å²) in [6, 6.07) is 4.32. The van der Waals surface area contributed by atoms with E-state index < -0.39 is 0 Å². The average Bonchev–Trinajstić information content (AvgIpc) is 2.65. The van der Waals surface area contributed by atoms with Crippen molar-refractivity contribution in [3.63, 3.8) is 0 Å². The molecule has 0 aliphatic heterocycles. The highest BCUT2D eigenvalue weighted by Crippen LogP contribution is 2.38. The van der Waals surface area contributed by atoms with Gasteiger partial charge in [0, 0.05) is 17.9 Å². The standard InChI is InChI=1S/C8H12N2/c9-8(6-3-4-6)7-2-1-5-10-7/h1-2,5-6,8,10H,3-4,9H2/t8-/m0/s1. The van der Waals surface area contributed by atoms with Crippen molar-refractivity contribution in [2.75, 3.05) is 0 Å². The minimum atomic E-state index is 0.259. The number of hydrogen-bond acceptors (Lipinski definition) is 1. The first-order valence-corrected chi connectivity index (χ1v) is 3.77. The number of H-pyrrole nitrogens is 1. The smallest absolute Gasteiger partial charge is 0.0476 e. The van der Waals surface area contributed by atoms with Crippen LogP contribution >= 0.6 is 0 Å². The molecule has 2 rings (SSSR count). The summed E-state index contributed by atoms with van der Waals surface area (Å²) in [5.41, 5.74) is 7.10. The molecule has 1 heterocycles. The zero-order valence-electron chi connectivity index (χ0n) is 5.88. The van der Waals surface area contributed by atoms with Crippen LogP contribution in [0.2, 0.25) is 0 Å². The lowest BCUT2D eigenvalue weighted by Crippen LogP contribution is -2.12. The third kappa shape index (κ3) is 0.948. The average molecular weight is 136 g/mol. The quantitative estimate of drug-likeness (QED) is 0.634. The second-order valence-corrected chi connectivity index (χ2v) is 2.99. The van der Waals surface area contributed by atoms with E-state index in [1.165, 1.54) is 18.5 Å². The zero-order valence-corrected chi connectivity index (χ0v) is 5.88. The molecule has 1 atom stereocenters. The lowest BCUT2D eigenvalue weighted by atomic mass is 10.1. The summed E-state index contributed by atoms with van der Waals surface area (Å²) in [4.78, 5) is 3.13. The third-order valence-corrected chi connectivity index (χ3v) is 2.11. The van der Waals surface area contributed by atoms with Gasteiger partial charge in [-0.25, -0.2) is 0 Å². The van der Waals surface area contributed by atoms with Crippen LogP contribution in [-0.4, -0.2) is 4.98 Å². The van der Waals surface area contributed by atoms with Gasteiger partial charge in [0.1, 0.15) is 0 Å². The van der Waals surface area contributed by atoms with Crippen LogP contribution in [0, 0.1) is 5.92 Å². The number of aromatic amines is 1. The van der Waals surface area contributed by atoms with E-state index in [0.29, 0.717) is 0 Å².